The van der Waals surface area contributed by atoms with Crippen LogP contribution in [0, 0.1) is 0 Å². The smallest absolute Gasteiger partial charge is 0.309 e. The summed E-state index contributed by atoms with van der Waals surface area (Å²) >= 11 is 4.82. The van der Waals surface area contributed by atoms with E-state index < -0.39 is 0 Å². The number of nitrogens with zero attached hydrogens (tertiary/aromatic N) is 3. The van der Waals surface area contributed by atoms with Crippen molar-refractivity contribution in [3.8, 4) is 0 Å². The van der Waals surface area contributed by atoms with Crippen LogP contribution in [0.1, 0.15) is 17.0 Å². The molecule has 0 aliphatic carbocycles. The molecule has 2 rings (SSSR count). The zero-order valence-corrected chi connectivity index (χ0v) is 11.8. The molecule has 0 aliphatic rings. The van der Waals surface area contributed by atoms with Gasteiger partial charge in [-0.1, -0.05) is 36.5 Å². The molecule has 104 valence electrons. The van der Waals surface area contributed by atoms with E-state index in [9.17, 15) is 4.79 Å². The monoisotopic (exact) mass is 290 g/mol. The first kappa shape index (κ1) is 14.1. The molecule has 0 spiro atoms. The number of nitrogens with two attached hydrogens (primary N) is 1. The predicted octanol–water partition coefficient (Wildman–Crippen LogP) is 0.676. The summed E-state index contributed by atoms with van der Waals surface area (Å²) in [4.78, 5) is 15.6. The van der Waals surface area contributed by atoms with Gasteiger partial charge in [-0.3, -0.25) is 4.79 Å². The number of hydrogen-bond acceptors (Lipinski definition) is 5. The minimum atomic E-state index is -0.278. The van der Waals surface area contributed by atoms with Crippen LogP contribution in [0.2, 0.25) is 0 Å². The normalized spacial score (nSPS) is 10.2. The molecule has 0 amide bonds. The van der Waals surface area contributed by atoms with Gasteiger partial charge >= 0.3 is 5.97 Å². The van der Waals surface area contributed by atoms with E-state index in [4.69, 9.17) is 18.0 Å². The molecule has 1 aromatic heterocycles. The maximum atomic E-state index is 11.4. The number of benzene rings is 1. The molecule has 20 heavy (non-hydrogen) atoms. The number of hydrogen-bond donors (Lipinski definition) is 1. The van der Waals surface area contributed by atoms with Gasteiger partial charge < -0.3 is 10.5 Å². The number of ether oxygens (including phenoxy) is 1. The van der Waals surface area contributed by atoms with Gasteiger partial charge in [0.1, 0.15) is 11.3 Å². The van der Waals surface area contributed by atoms with E-state index in [1.54, 1.807) is 11.0 Å². The van der Waals surface area contributed by atoms with Crippen LogP contribution < -0.4 is 5.73 Å². The zero-order chi connectivity index (χ0) is 14.5. The minimum Gasteiger partial charge on any atom is -0.469 e. The van der Waals surface area contributed by atoms with Crippen molar-refractivity contribution in [2.45, 2.75) is 13.0 Å². The van der Waals surface area contributed by atoms with E-state index in [1.807, 2.05) is 24.3 Å². The molecule has 1 heterocycles. The fourth-order valence-electron chi connectivity index (χ4n) is 1.77. The standard InChI is InChI=1S/C13H14N4O2S/c1-19-11(18)6-9-4-2-3-5-10(9)7-17-8-15-13(16-17)12(14)20/h2-5,8H,6-7H2,1H3,(H2,14,20). The van der Waals surface area contributed by atoms with Crippen LogP contribution in [-0.2, 0) is 22.5 Å². The van der Waals surface area contributed by atoms with E-state index in [-0.39, 0.29) is 17.4 Å². The molecule has 6 nitrogen and oxygen atoms in total. The van der Waals surface area contributed by atoms with Crippen molar-refractivity contribution < 1.29 is 9.53 Å². The lowest BCUT2D eigenvalue weighted by atomic mass is 10.0. The fraction of sp³-hybridized carbons (Fsp3) is 0.231. The van der Waals surface area contributed by atoms with Crippen molar-refractivity contribution in [2.75, 3.05) is 7.11 Å². The Morgan fingerprint density at radius 1 is 1.40 bits per heavy atom. The molecule has 0 fully saturated rings. The van der Waals surface area contributed by atoms with E-state index in [1.165, 1.54) is 7.11 Å². The lowest BCUT2D eigenvalue weighted by Crippen LogP contribution is -2.13. The van der Waals surface area contributed by atoms with Crippen molar-refractivity contribution in [1.29, 1.82) is 0 Å². The summed E-state index contributed by atoms with van der Waals surface area (Å²) in [5.41, 5.74) is 7.33. The quantitative estimate of drug-likeness (QED) is 0.644. The van der Waals surface area contributed by atoms with Gasteiger partial charge in [0.15, 0.2) is 0 Å². The van der Waals surface area contributed by atoms with Crippen molar-refractivity contribution in [3.63, 3.8) is 0 Å². The Morgan fingerprint density at radius 2 is 2.10 bits per heavy atom. The molecule has 1 aromatic carbocycles. The van der Waals surface area contributed by atoms with E-state index in [2.05, 4.69) is 14.8 Å². The maximum absolute atomic E-state index is 11.4. The lowest BCUT2D eigenvalue weighted by Gasteiger charge is -2.08. The molecular weight excluding hydrogens is 276 g/mol. The van der Waals surface area contributed by atoms with E-state index in [0.29, 0.717) is 12.4 Å². The van der Waals surface area contributed by atoms with Gasteiger partial charge in [-0.25, -0.2) is 9.67 Å². The second-order valence-electron chi connectivity index (χ2n) is 4.15. The number of carbonyl (C=O) groups is 1. The van der Waals surface area contributed by atoms with Crippen LogP contribution in [0.3, 0.4) is 0 Å². The van der Waals surface area contributed by atoms with Crippen molar-refractivity contribution in [1.82, 2.24) is 14.8 Å². The summed E-state index contributed by atoms with van der Waals surface area (Å²) in [6, 6.07) is 7.60. The number of aromatic nitrogens is 3. The number of esters is 1. The largest absolute Gasteiger partial charge is 0.469 e. The van der Waals surface area contributed by atoms with Crippen molar-refractivity contribution in [2.24, 2.45) is 5.73 Å². The molecule has 0 saturated carbocycles. The summed E-state index contributed by atoms with van der Waals surface area (Å²) < 4.78 is 6.32. The molecule has 2 N–H and O–H groups in total. The third-order valence-corrected chi connectivity index (χ3v) is 2.95. The highest BCUT2D eigenvalue weighted by molar-refractivity contribution is 7.80. The average molecular weight is 290 g/mol. The third-order valence-electron chi connectivity index (χ3n) is 2.77. The molecule has 0 atom stereocenters. The highest BCUT2D eigenvalue weighted by atomic mass is 32.1. The molecule has 0 unspecified atom stereocenters. The first-order valence-electron chi connectivity index (χ1n) is 5.93. The highest BCUT2D eigenvalue weighted by Gasteiger charge is 2.09. The second kappa shape index (κ2) is 6.25. The minimum absolute atomic E-state index is 0.159. The Morgan fingerprint density at radius 3 is 2.70 bits per heavy atom. The van der Waals surface area contributed by atoms with E-state index in [0.717, 1.165) is 11.1 Å². The van der Waals surface area contributed by atoms with Gasteiger partial charge in [0.25, 0.3) is 0 Å². The first-order chi connectivity index (χ1) is 9.60. The van der Waals surface area contributed by atoms with Gasteiger partial charge in [0.05, 0.1) is 20.1 Å². The number of thiocarbonyl (C=S) groups is 1. The summed E-state index contributed by atoms with van der Waals surface area (Å²) in [7, 11) is 1.37. The summed E-state index contributed by atoms with van der Waals surface area (Å²) in [6.45, 7) is 0.489. The van der Waals surface area contributed by atoms with Gasteiger partial charge in [-0.15, -0.1) is 5.10 Å². The lowest BCUT2D eigenvalue weighted by molar-refractivity contribution is -0.139. The molecule has 0 saturated heterocycles. The number of carbonyl (C=O) groups excluding carboxylic acids is 1. The second-order valence-corrected chi connectivity index (χ2v) is 4.59. The van der Waals surface area contributed by atoms with Crippen molar-refractivity contribution in [3.05, 3.63) is 47.5 Å². The molecule has 7 heteroatoms. The summed E-state index contributed by atoms with van der Waals surface area (Å²) in [5, 5.41) is 4.17. The first-order valence-corrected chi connectivity index (χ1v) is 6.34. The molecule has 2 aromatic rings. The van der Waals surface area contributed by atoms with E-state index >= 15 is 0 Å². The zero-order valence-electron chi connectivity index (χ0n) is 10.9. The topological polar surface area (TPSA) is 83.0 Å². The SMILES string of the molecule is COC(=O)Cc1ccccc1Cn1cnc(C(N)=S)n1. The van der Waals surface area contributed by atoms with Gasteiger partial charge in [0.2, 0.25) is 5.82 Å². The molecule has 0 bridgehead atoms. The van der Waals surface area contributed by atoms with Crippen LogP contribution in [0.25, 0.3) is 0 Å². The summed E-state index contributed by atoms with van der Waals surface area (Å²) in [5.74, 6) is 0.0605. The van der Waals surface area contributed by atoms with Crippen LogP contribution in [0.5, 0.6) is 0 Å². The third kappa shape index (κ3) is 3.39. The predicted molar refractivity (Wildman–Crippen MR) is 77.2 cm³/mol. The van der Waals surface area contributed by atoms with Gasteiger partial charge in [-0.05, 0) is 11.1 Å². The Bertz CT molecular complexity index is 639. The Balaban J connectivity index is 2.19. The Labute approximate surface area is 121 Å². The Hall–Kier alpha value is -2.28. The number of methoxy groups -OCH3 is 1. The maximum Gasteiger partial charge on any atom is 0.309 e. The highest BCUT2D eigenvalue weighted by Crippen LogP contribution is 2.11. The summed E-state index contributed by atoms with van der Waals surface area (Å²) in [6.07, 6.45) is 1.78. The molecular formula is C13H14N4O2S. The van der Waals surface area contributed by atoms with Gasteiger partial charge in [-0.2, -0.15) is 0 Å². The number of rotatable bonds is 5. The molecule has 0 aliphatic heterocycles. The fourth-order valence-corrected chi connectivity index (χ4v) is 1.86. The van der Waals surface area contributed by atoms with Crippen LogP contribution in [0.4, 0.5) is 0 Å². The van der Waals surface area contributed by atoms with Gasteiger partial charge in [0, 0.05) is 0 Å². The van der Waals surface area contributed by atoms with Crippen LogP contribution in [0.15, 0.2) is 30.6 Å². The van der Waals surface area contributed by atoms with Crippen molar-refractivity contribution >= 4 is 23.2 Å². The van der Waals surface area contributed by atoms with Crippen LogP contribution >= 0.6 is 12.2 Å². The van der Waals surface area contributed by atoms with Crippen LogP contribution in [-0.4, -0.2) is 32.8 Å². The average Bonchev–Trinajstić information content (AvgIpc) is 2.89. The Kier molecular flexibility index (Phi) is 4.41. The molecule has 0 radical (unpaired) electrons.